The van der Waals surface area contributed by atoms with Crippen molar-refractivity contribution in [1.82, 2.24) is 0 Å². The van der Waals surface area contributed by atoms with Gasteiger partial charge in [-0.15, -0.1) is 0 Å². The van der Waals surface area contributed by atoms with Gasteiger partial charge in [0.2, 0.25) is 5.91 Å². The first-order chi connectivity index (χ1) is 9.66. The lowest BCUT2D eigenvalue weighted by molar-refractivity contribution is -0.384. The number of nitrogens with one attached hydrogen (secondary N) is 1. The van der Waals surface area contributed by atoms with Gasteiger partial charge in [0, 0.05) is 12.0 Å². The highest BCUT2D eigenvalue weighted by molar-refractivity contribution is 5.96. The summed E-state index contributed by atoms with van der Waals surface area (Å²) in [6.45, 7) is 2.51. The molecule has 0 aliphatic carbocycles. The fourth-order valence-electron chi connectivity index (χ4n) is 1.49. The monoisotopic (exact) mass is 302 g/mol. The Labute approximate surface area is 117 Å². The first-order valence-corrected chi connectivity index (χ1v) is 5.82. The fraction of sp³-hybridized carbons (Fsp3) is 0.333. The van der Waals surface area contributed by atoms with Crippen molar-refractivity contribution in [3.63, 3.8) is 0 Å². The third-order valence-corrected chi connectivity index (χ3v) is 3.07. The molecule has 0 spiro atoms. The summed E-state index contributed by atoms with van der Waals surface area (Å²) in [6.07, 6.45) is 0. The van der Waals surface area contributed by atoms with Crippen LogP contribution < -0.4 is 5.32 Å². The maximum Gasteiger partial charge on any atom is 0.307 e. The van der Waals surface area contributed by atoms with Crippen molar-refractivity contribution in [3.05, 3.63) is 33.9 Å². The SMILES string of the molecule is CC(C(=O)O)C(C)C(=O)Nc1c([N+](=O)[O-])ccc(F)c1F. The Bertz CT molecular complexity index is 606. The number of nitrogens with zero attached hydrogens (tertiary/aromatic N) is 1. The van der Waals surface area contributed by atoms with Crippen LogP contribution in [0, 0.1) is 33.6 Å². The first kappa shape index (κ1) is 16.5. The van der Waals surface area contributed by atoms with Gasteiger partial charge in [0.15, 0.2) is 17.3 Å². The van der Waals surface area contributed by atoms with Gasteiger partial charge in [-0.1, -0.05) is 13.8 Å². The maximum atomic E-state index is 13.6. The minimum Gasteiger partial charge on any atom is -0.481 e. The Hall–Kier alpha value is -2.58. The number of carboxylic acids is 1. The number of nitro groups is 1. The van der Waals surface area contributed by atoms with Crippen molar-refractivity contribution in [3.8, 4) is 0 Å². The van der Waals surface area contributed by atoms with Crippen LogP contribution >= 0.6 is 0 Å². The van der Waals surface area contributed by atoms with Crippen molar-refractivity contribution in [2.24, 2.45) is 11.8 Å². The van der Waals surface area contributed by atoms with Gasteiger partial charge in [0.1, 0.15) is 0 Å². The minimum atomic E-state index is -1.58. The van der Waals surface area contributed by atoms with Crippen molar-refractivity contribution in [2.45, 2.75) is 13.8 Å². The quantitative estimate of drug-likeness (QED) is 0.640. The van der Waals surface area contributed by atoms with Gasteiger partial charge >= 0.3 is 5.97 Å². The number of carboxylic acid groups (broad SMARTS) is 1. The number of rotatable bonds is 5. The number of carbonyl (C=O) groups is 2. The number of hydrogen-bond acceptors (Lipinski definition) is 4. The molecule has 1 rings (SSSR count). The molecule has 0 heterocycles. The van der Waals surface area contributed by atoms with Gasteiger partial charge in [-0.05, 0) is 6.07 Å². The Morgan fingerprint density at radius 1 is 1.29 bits per heavy atom. The summed E-state index contributed by atoms with van der Waals surface area (Å²) in [5, 5.41) is 21.4. The largest absolute Gasteiger partial charge is 0.481 e. The number of aliphatic carboxylic acids is 1. The van der Waals surface area contributed by atoms with Crippen LogP contribution in [0.2, 0.25) is 0 Å². The van der Waals surface area contributed by atoms with Crippen LogP contribution in [-0.4, -0.2) is 21.9 Å². The van der Waals surface area contributed by atoms with E-state index in [0.717, 1.165) is 0 Å². The van der Waals surface area contributed by atoms with E-state index in [1.54, 1.807) is 0 Å². The van der Waals surface area contributed by atoms with Gasteiger partial charge < -0.3 is 10.4 Å². The molecule has 114 valence electrons. The van der Waals surface area contributed by atoms with E-state index in [9.17, 15) is 28.5 Å². The zero-order chi connectivity index (χ0) is 16.3. The number of nitro benzene ring substituents is 1. The van der Waals surface area contributed by atoms with Crippen LogP contribution in [0.3, 0.4) is 0 Å². The number of anilines is 1. The van der Waals surface area contributed by atoms with Gasteiger partial charge in [-0.25, -0.2) is 8.78 Å². The molecule has 0 aromatic heterocycles. The molecule has 1 aromatic carbocycles. The van der Waals surface area contributed by atoms with E-state index < -0.39 is 51.6 Å². The topological polar surface area (TPSA) is 110 Å². The Morgan fingerprint density at radius 3 is 2.33 bits per heavy atom. The Kier molecular flexibility index (Phi) is 4.90. The fourth-order valence-corrected chi connectivity index (χ4v) is 1.49. The molecule has 21 heavy (non-hydrogen) atoms. The van der Waals surface area contributed by atoms with Gasteiger partial charge in [-0.3, -0.25) is 19.7 Å². The zero-order valence-electron chi connectivity index (χ0n) is 11.1. The standard InChI is InChI=1S/C12H12F2N2O5/c1-5(6(2)12(18)19)11(17)15-10-8(16(20)21)4-3-7(13)9(10)14/h3-6H,1-2H3,(H,15,17)(H,18,19). The summed E-state index contributed by atoms with van der Waals surface area (Å²) in [5.41, 5.74) is -1.74. The van der Waals surface area contributed by atoms with Crippen molar-refractivity contribution < 1.29 is 28.4 Å². The van der Waals surface area contributed by atoms with Crippen molar-refractivity contribution in [1.29, 1.82) is 0 Å². The molecule has 0 radical (unpaired) electrons. The zero-order valence-corrected chi connectivity index (χ0v) is 11.1. The van der Waals surface area contributed by atoms with E-state index in [1.165, 1.54) is 13.8 Å². The lowest BCUT2D eigenvalue weighted by Crippen LogP contribution is -2.30. The summed E-state index contributed by atoms with van der Waals surface area (Å²) in [6, 6.07) is 1.27. The van der Waals surface area contributed by atoms with E-state index in [4.69, 9.17) is 5.11 Å². The summed E-state index contributed by atoms with van der Waals surface area (Å²) in [5.74, 6) is -7.35. The molecule has 0 bridgehead atoms. The molecule has 0 saturated heterocycles. The summed E-state index contributed by atoms with van der Waals surface area (Å²) < 4.78 is 26.7. The van der Waals surface area contributed by atoms with Gasteiger partial charge in [0.05, 0.1) is 10.8 Å². The molecule has 7 nitrogen and oxygen atoms in total. The number of halogens is 2. The smallest absolute Gasteiger partial charge is 0.307 e. The van der Waals surface area contributed by atoms with Crippen LogP contribution in [-0.2, 0) is 9.59 Å². The highest BCUT2D eigenvalue weighted by Crippen LogP contribution is 2.30. The summed E-state index contributed by atoms with van der Waals surface area (Å²) in [4.78, 5) is 32.3. The molecule has 1 aromatic rings. The van der Waals surface area contributed by atoms with Crippen LogP contribution in [0.5, 0.6) is 0 Å². The van der Waals surface area contributed by atoms with E-state index in [1.807, 2.05) is 5.32 Å². The van der Waals surface area contributed by atoms with Crippen LogP contribution in [0.4, 0.5) is 20.2 Å². The predicted molar refractivity (Wildman–Crippen MR) is 67.6 cm³/mol. The van der Waals surface area contributed by atoms with Crippen LogP contribution in [0.25, 0.3) is 0 Å². The maximum absolute atomic E-state index is 13.6. The molecule has 2 unspecified atom stereocenters. The van der Waals surface area contributed by atoms with Gasteiger partial charge in [0.25, 0.3) is 5.69 Å². The number of benzene rings is 1. The normalized spacial score (nSPS) is 13.3. The van der Waals surface area contributed by atoms with Gasteiger partial charge in [-0.2, -0.15) is 0 Å². The number of hydrogen-bond donors (Lipinski definition) is 2. The average Bonchev–Trinajstić information content (AvgIpc) is 2.41. The average molecular weight is 302 g/mol. The van der Waals surface area contributed by atoms with Crippen LogP contribution in [0.15, 0.2) is 12.1 Å². The van der Waals surface area contributed by atoms with E-state index in [-0.39, 0.29) is 0 Å². The molecular formula is C12H12F2N2O5. The summed E-state index contributed by atoms with van der Waals surface area (Å²) >= 11 is 0. The molecular weight excluding hydrogens is 290 g/mol. The Morgan fingerprint density at radius 2 is 1.86 bits per heavy atom. The second-order valence-electron chi connectivity index (χ2n) is 4.42. The van der Waals surface area contributed by atoms with E-state index in [0.29, 0.717) is 12.1 Å². The third-order valence-electron chi connectivity index (χ3n) is 3.07. The van der Waals surface area contributed by atoms with E-state index >= 15 is 0 Å². The molecule has 2 N–H and O–H groups in total. The second-order valence-corrected chi connectivity index (χ2v) is 4.42. The Balaban J connectivity index is 3.13. The lowest BCUT2D eigenvalue weighted by Gasteiger charge is -2.16. The molecule has 1 amide bonds. The molecule has 9 heteroatoms. The number of carbonyl (C=O) groups excluding carboxylic acids is 1. The molecule has 0 aliphatic heterocycles. The van der Waals surface area contributed by atoms with Crippen molar-refractivity contribution in [2.75, 3.05) is 5.32 Å². The highest BCUT2D eigenvalue weighted by atomic mass is 19.2. The molecule has 0 saturated carbocycles. The van der Waals surface area contributed by atoms with Crippen LogP contribution in [0.1, 0.15) is 13.8 Å². The molecule has 0 fully saturated rings. The third kappa shape index (κ3) is 3.50. The lowest BCUT2D eigenvalue weighted by atomic mass is 9.95. The van der Waals surface area contributed by atoms with E-state index in [2.05, 4.69) is 0 Å². The number of amides is 1. The minimum absolute atomic E-state index is 0.562. The predicted octanol–water partition coefficient (Wildman–Crippen LogP) is 2.17. The second kappa shape index (κ2) is 6.25. The molecule has 2 atom stereocenters. The summed E-state index contributed by atoms with van der Waals surface area (Å²) in [7, 11) is 0. The van der Waals surface area contributed by atoms with Crippen molar-refractivity contribution >= 4 is 23.3 Å². The highest BCUT2D eigenvalue weighted by Gasteiger charge is 2.29. The first-order valence-electron chi connectivity index (χ1n) is 5.82. The molecule has 0 aliphatic rings.